The summed E-state index contributed by atoms with van der Waals surface area (Å²) < 4.78 is 18.6. The van der Waals surface area contributed by atoms with Gasteiger partial charge in [-0.05, 0) is 18.2 Å². The van der Waals surface area contributed by atoms with E-state index in [9.17, 15) is 9.18 Å². The van der Waals surface area contributed by atoms with Crippen LogP contribution in [0.5, 0.6) is 5.75 Å². The van der Waals surface area contributed by atoms with Crippen molar-refractivity contribution in [1.29, 1.82) is 0 Å². The Bertz CT molecular complexity index is 439. The number of ether oxygens (including phenoxy) is 1. The van der Waals surface area contributed by atoms with Gasteiger partial charge in [-0.25, -0.2) is 9.18 Å². The highest BCUT2D eigenvalue weighted by atomic mass is 19.1. The molecule has 0 aliphatic carbocycles. The van der Waals surface area contributed by atoms with Crippen molar-refractivity contribution < 1.29 is 13.9 Å². The van der Waals surface area contributed by atoms with Crippen LogP contribution in [0.2, 0.25) is 0 Å². The van der Waals surface area contributed by atoms with Gasteiger partial charge in [0.05, 0.1) is 0 Å². The number of rotatable bonds is 5. The topological polar surface area (TPSA) is 76.4 Å². The van der Waals surface area contributed by atoms with E-state index in [0.29, 0.717) is 26.1 Å². The van der Waals surface area contributed by atoms with Crippen LogP contribution in [0.4, 0.5) is 9.18 Å². The van der Waals surface area contributed by atoms with Crippen molar-refractivity contribution in [3.8, 4) is 5.75 Å². The summed E-state index contributed by atoms with van der Waals surface area (Å²) in [6, 6.07) is 4.02. The lowest BCUT2D eigenvalue weighted by atomic mass is 10.1. The fourth-order valence-corrected chi connectivity index (χ4v) is 1.94. The lowest BCUT2D eigenvalue weighted by molar-refractivity contribution is 0.227. The first-order valence-electron chi connectivity index (χ1n) is 5.84. The number of fused-ring (bicyclic) bond motifs is 1. The molecule has 2 rings (SSSR count). The van der Waals surface area contributed by atoms with E-state index < -0.39 is 6.03 Å². The number of halogens is 1. The molecule has 0 spiro atoms. The van der Waals surface area contributed by atoms with E-state index in [1.807, 2.05) is 0 Å². The van der Waals surface area contributed by atoms with Crippen molar-refractivity contribution >= 4 is 6.03 Å². The molecule has 1 unspecified atom stereocenters. The van der Waals surface area contributed by atoms with E-state index in [4.69, 9.17) is 10.5 Å². The number of hydrogen-bond donors (Lipinski definition) is 3. The van der Waals surface area contributed by atoms with Crippen molar-refractivity contribution in [2.75, 3.05) is 19.6 Å². The molecule has 18 heavy (non-hydrogen) atoms. The molecule has 4 N–H and O–H groups in total. The summed E-state index contributed by atoms with van der Waals surface area (Å²) in [6.45, 7) is 1.74. The number of amides is 2. The van der Waals surface area contributed by atoms with E-state index in [-0.39, 0.29) is 11.9 Å². The van der Waals surface area contributed by atoms with Crippen LogP contribution in [-0.4, -0.2) is 31.8 Å². The largest absolute Gasteiger partial charge is 0.488 e. The van der Waals surface area contributed by atoms with Crippen LogP contribution in [0.1, 0.15) is 5.56 Å². The second-order valence-corrected chi connectivity index (χ2v) is 4.19. The summed E-state index contributed by atoms with van der Waals surface area (Å²) in [4.78, 5) is 10.4. The zero-order chi connectivity index (χ0) is 13.0. The molecule has 0 bridgehead atoms. The fraction of sp³-hybridized carbons (Fsp3) is 0.417. The molecule has 1 aromatic rings. The van der Waals surface area contributed by atoms with Gasteiger partial charge in [-0.15, -0.1) is 0 Å². The van der Waals surface area contributed by atoms with Gasteiger partial charge in [0, 0.05) is 31.6 Å². The molecule has 0 radical (unpaired) electrons. The molecule has 0 aromatic heterocycles. The molecule has 1 aliphatic heterocycles. The fourth-order valence-electron chi connectivity index (χ4n) is 1.94. The third kappa shape index (κ3) is 3.33. The lowest BCUT2D eigenvalue weighted by Gasteiger charge is -2.11. The zero-order valence-corrected chi connectivity index (χ0v) is 9.91. The molecule has 0 fully saturated rings. The third-order valence-electron chi connectivity index (χ3n) is 2.74. The Morgan fingerprint density at radius 2 is 2.33 bits per heavy atom. The van der Waals surface area contributed by atoms with E-state index in [1.54, 1.807) is 6.07 Å². The van der Waals surface area contributed by atoms with Crippen LogP contribution in [-0.2, 0) is 6.42 Å². The summed E-state index contributed by atoms with van der Waals surface area (Å²) in [5, 5.41) is 5.62. The van der Waals surface area contributed by atoms with Crippen LogP contribution in [0.15, 0.2) is 18.2 Å². The maximum absolute atomic E-state index is 13.0. The second-order valence-electron chi connectivity index (χ2n) is 4.19. The maximum Gasteiger partial charge on any atom is 0.312 e. The molecule has 98 valence electrons. The number of benzene rings is 1. The number of nitrogens with two attached hydrogens (primary N) is 1. The van der Waals surface area contributed by atoms with Crippen LogP contribution in [0.3, 0.4) is 0 Å². The van der Waals surface area contributed by atoms with Gasteiger partial charge < -0.3 is 21.1 Å². The maximum atomic E-state index is 13.0. The predicted octanol–water partition coefficient (Wildman–Crippen LogP) is 0.387. The Hall–Kier alpha value is -1.82. The molecule has 1 heterocycles. The molecule has 0 saturated carbocycles. The minimum Gasteiger partial charge on any atom is -0.488 e. The molecular formula is C12H16FN3O2. The molecule has 6 heteroatoms. The highest BCUT2D eigenvalue weighted by molar-refractivity contribution is 5.71. The molecule has 2 amide bonds. The van der Waals surface area contributed by atoms with Gasteiger partial charge in [0.2, 0.25) is 0 Å². The minimum absolute atomic E-state index is 0.00961. The first kappa shape index (κ1) is 12.6. The van der Waals surface area contributed by atoms with Crippen molar-refractivity contribution in [1.82, 2.24) is 10.6 Å². The molecule has 1 aliphatic rings. The summed E-state index contributed by atoms with van der Waals surface area (Å²) in [6.07, 6.45) is 0.707. The van der Waals surface area contributed by atoms with Gasteiger partial charge >= 0.3 is 6.03 Å². The highest BCUT2D eigenvalue weighted by Gasteiger charge is 2.22. The summed E-state index contributed by atoms with van der Waals surface area (Å²) in [5.74, 6) is 0.509. The molecule has 1 aromatic carbocycles. The Morgan fingerprint density at radius 1 is 1.50 bits per heavy atom. The number of urea groups is 1. The van der Waals surface area contributed by atoms with Gasteiger partial charge in [0.1, 0.15) is 17.7 Å². The van der Waals surface area contributed by atoms with Gasteiger partial charge in [-0.2, -0.15) is 0 Å². The van der Waals surface area contributed by atoms with Gasteiger partial charge in [0.25, 0.3) is 0 Å². The van der Waals surface area contributed by atoms with Crippen molar-refractivity contribution in [3.05, 3.63) is 29.6 Å². The van der Waals surface area contributed by atoms with Gasteiger partial charge in [-0.3, -0.25) is 0 Å². The summed E-state index contributed by atoms with van der Waals surface area (Å²) >= 11 is 0. The van der Waals surface area contributed by atoms with E-state index in [1.165, 1.54) is 12.1 Å². The lowest BCUT2D eigenvalue weighted by Crippen LogP contribution is -2.38. The Morgan fingerprint density at radius 3 is 3.11 bits per heavy atom. The van der Waals surface area contributed by atoms with Gasteiger partial charge in [0.15, 0.2) is 0 Å². The van der Waals surface area contributed by atoms with Crippen molar-refractivity contribution in [2.45, 2.75) is 12.5 Å². The standard InChI is InChI=1S/C12H16FN3O2/c13-9-1-2-11-8(5-9)6-10(18-11)7-15-3-4-16-12(14)17/h1-2,5,10,15H,3-4,6-7H2,(H3,14,16,17). The second kappa shape index (κ2) is 5.68. The quantitative estimate of drug-likeness (QED) is 0.664. The normalized spacial score (nSPS) is 17.1. The monoisotopic (exact) mass is 253 g/mol. The zero-order valence-electron chi connectivity index (χ0n) is 9.91. The average molecular weight is 253 g/mol. The van der Waals surface area contributed by atoms with Crippen LogP contribution in [0.25, 0.3) is 0 Å². The van der Waals surface area contributed by atoms with E-state index in [2.05, 4.69) is 10.6 Å². The minimum atomic E-state index is -0.531. The summed E-state index contributed by atoms with van der Waals surface area (Å²) in [5.41, 5.74) is 5.83. The third-order valence-corrected chi connectivity index (χ3v) is 2.74. The average Bonchev–Trinajstić information content (AvgIpc) is 2.70. The Kier molecular flexibility index (Phi) is 3.99. The Balaban J connectivity index is 1.70. The van der Waals surface area contributed by atoms with Gasteiger partial charge in [-0.1, -0.05) is 0 Å². The SMILES string of the molecule is NC(=O)NCCNCC1Cc2cc(F)ccc2O1. The molecular weight excluding hydrogens is 237 g/mol. The van der Waals surface area contributed by atoms with Crippen LogP contribution in [0, 0.1) is 5.82 Å². The van der Waals surface area contributed by atoms with Crippen molar-refractivity contribution in [3.63, 3.8) is 0 Å². The smallest absolute Gasteiger partial charge is 0.312 e. The number of hydrogen-bond acceptors (Lipinski definition) is 3. The number of primary amides is 1. The van der Waals surface area contributed by atoms with Crippen LogP contribution >= 0.6 is 0 Å². The molecule has 5 nitrogen and oxygen atoms in total. The number of carbonyl (C=O) groups is 1. The van der Waals surface area contributed by atoms with Crippen LogP contribution < -0.4 is 21.1 Å². The van der Waals surface area contributed by atoms with E-state index in [0.717, 1.165) is 11.3 Å². The Labute approximate surface area is 104 Å². The number of carbonyl (C=O) groups excluding carboxylic acids is 1. The number of nitrogens with one attached hydrogen (secondary N) is 2. The molecule has 0 saturated heterocycles. The highest BCUT2D eigenvalue weighted by Crippen LogP contribution is 2.28. The van der Waals surface area contributed by atoms with E-state index >= 15 is 0 Å². The first-order valence-corrected chi connectivity index (χ1v) is 5.84. The van der Waals surface area contributed by atoms with Crippen molar-refractivity contribution in [2.24, 2.45) is 5.73 Å². The summed E-state index contributed by atoms with van der Waals surface area (Å²) in [7, 11) is 0. The first-order chi connectivity index (χ1) is 8.65. The predicted molar refractivity (Wildman–Crippen MR) is 65.0 cm³/mol. The molecule has 1 atom stereocenters.